The molecule has 2 aromatic carbocycles. The zero-order chi connectivity index (χ0) is 18.1. The normalized spacial score (nSPS) is 13.8. The molecule has 6 heteroatoms. The van der Waals surface area contributed by atoms with E-state index in [0.29, 0.717) is 27.6 Å². The second-order valence-electron chi connectivity index (χ2n) is 6.20. The van der Waals surface area contributed by atoms with E-state index in [2.05, 4.69) is 5.16 Å². The smallest absolute Gasteiger partial charge is 0.339 e. The maximum Gasteiger partial charge on any atom is 0.339 e. The molecule has 0 unspecified atom stereocenters. The van der Waals surface area contributed by atoms with E-state index in [4.69, 9.17) is 20.8 Å². The Morgan fingerprint density at radius 1 is 1.15 bits per heavy atom. The van der Waals surface area contributed by atoms with E-state index < -0.39 is 0 Å². The Morgan fingerprint density at radius 2 is 1.92 bits per heavy atom. The highest BCUT2D eigenvalue weighted by molar-refractivity contribution is 6.30. The van der Waals surface area contributed by atoms with Crippen molar-refractivity contribution in [2.75, 3.05) is 6.61 Å². The van der Waals surface area contributed by atoms with Gasteiger partial charge in [0.15, 0.2) is 0 Å². The molecule has 0 saturated heterocycles. The van der Waals surface area contributed by atoms with Crippen LogP contribution >= 0.6 is 11.6 Å². The van der Waals surface area contributed by atoms with Crippen molar-refractivity contribution in [3.05, 3.63) is 74.6 Å². The molecule has 1 aliphatic rings. The Morgan fingerprint density at radius 3 is 2.69 bits per heavy atom. The summed E-state index contributed by atoms with van der Waals surface area (Å²) in [5.41, 5.74) is 3.22. The van der Waals surface area contributed by atoms with Crippen LogP contribution in [-0.4, -0.2) is 17.5 Å². The zero-order valence-corrected chi connectivity index (χ0v) is 14.6. The Kier molecular flexibility index (Phi) is 4.39. The first-order chi connectivity index (χ1) is 12.7. The quantitative estimate of drug-likeness (QED) is 0.324. The first-order valence-electron chi connectivity index (χ1n) is 8.34. The lowest BCUT2D eigenvalue weighted by Gasteiger charge is -2.10. The summed E-state index contributed by atoms with van der Waals surface area (Å²) in [7, 11) is 0. The van der Waals surface area contributed by atoms with Crippen LogP contribution in [0.15, 0.2) is 56.8 Å². The van der Waals surface area contributed by atoms with Crippen LogP contribution in [0, 0.1) is 0 Å². The van der Waals surface area contributed by atoms with Crippen molar-refractivity contribution in [3.63, 3.8) is 0 Å². The molecular weight excluding hydrogens is 354 g/mol. The lowest BCUT2D eigenvalue weighted by Crippen LogP contribution is -2.13. The zero-order valence-electron chi connectivity index (χ0n) is 13.9. The van der Waals surface area contributed by atoms with Crippen LogP contribution in [0.3, 0.4) is 0 Å². The second kappa shape index (κ2) is 6.84. The van der Waals surface area contributed by atoms with Crippen molar-refractivity contribution in [2.45, 2.75) is 19.3 Å². The van der Waals surface area contributed by atoms with Gasteiger partial charge in [0.25, 0.3) is 0 Å². The van der Waals surface area contributed by atoms with Crippen molar-refractivity contribution >= 4 is 28.3 Å². The third kappa shape index (κ3) is 3.06. The number of nitrogens with zero attached hydrogens (tertiary/aromatic N) is 1. The van der Waals surface area contributed by atoms with Crippen LogP contribution in [0.1, 0.15) is 23.1 Å². The predicted molar refractivity (Wildman–Crippen MR) is 99.8 cm³/mol. The molecule has 0 radical (unpaired) electrons. The molecule has 3 aromatic rings. The number of fused-ring (bicyclic) bond motifs is 3. The van der Waals surface area contributed by atoms with Crippen LogP contribution in [0.2, 0.25) is 5.02 Å². The number of aryl methyl sites for hydroxylation is 1. The molecule has 1 heterocycles. The molecule has 0 atom stereocenters. The van der Waals surface area contributed by atoms with E-state index in [-0.39, 0.29) is 12.2 Å². The number of benzene rings is 2. The molecular formula is C20H16ClNO4. The van der Waals surface area contributed by atoms with E-state index in [1.807, 2.05) is 12.1 Å². The van der Waals surface area contributed by atoms with E-state index in [0.717, 1.165) is 35.8 Å². The molecule has 0 saturated carbocycles. The van der Waals surface area contributed by atoms with Crippen LogP contribution < -0.4 is 10.4 Å². The van der Waals surface area contributed by atoms with E-state index >= 15 is 0 Å². The predicted octanol–water partition coefficient (Wildman–Crippen LogP) is 4.19. The Balaban J connectivity index is 1.58. The Labute approximate surface area is 154 Å². The van der Waals surface area contributed by atoms with Gasteiger partial charge in [-0.25, -0.2) is 4.79 Å². The minimum Gasteiger partial charge on any atom is -0.487 e. The lowest BCUT2D eigenvalue weighted by atomic mass is 10.1. The molecule has 1 aromatic heterocycles. The molecule has 5 nitrogen and oxygen atoms in total. The highest BCUT2D eigenvalue weighted by Gasteiger charge is 2.19. The third-order valence-corrected chi connectivity index (χ3v) is 4.87. The summed E-state index contributed by atoms with van der Waals surface area (Å²) in [5, 5.41) is 14.1. The van der Waals surface area contributed by atoms with Crippen molar-refractivity contribution in [1.29, 1.82) is 0 Å². The van der Waals surface area contributed by atoms with Gasteiger partial charge in [-0.15, -0.1) is 0 Å². The van der Waals surface area contributed by atoms with Crippen LogP contribution in [0.25, 0.3) is 11.0 Å². The van der Waals surface area contributed by atoms with Crippen molar-refractivity contribution in [2.24, 2.45) is 5.16 Å². The van der Waals surface area contributed by atoms with E-state index in [1.54, 1.807) is 30.3 Å². The lowest BCUT2D eigenvalue weighted by molar-refractivity contribution is 0.308. The third-order valence-electron chi connectivity index (χ3n) is 4.62. The van der Waals surface area contributed by atoms with Gasteiger partial charge in [0.2, 0.25) is 0 Å². The largest absolute Gasteiger partial charge is 0.487 e. The van der Waals surface area contributed by atoms with Crippen molar-refractivity contribution in [1.82, 2.24) is 0 Å². The molecule has 0 bridgehead atoms. The molecule has 26 heavy (non-hydrogen) atoms. The fourth-order valence-corrected chi connectivity index (χ4v) is 3.44. The fraction of sp³-hybridized carbons (Fsp3) is 0.200. The number of oxime groups is 1. The van der Waals surface area contributed by atoms with Gasteiger partial charge < -0.3 is 14.4 Å². The summed E-state index contributed by atoms with van der Waals surface area (Å²) in [4.78, 5) is 12.1. The number of rotatable bonds is 4. The van der Waals surface area contributed by atoms with Gasteiger partial charge in [-0.3, -0.25) is 0 Å². The van der Waals surface area contributed by atoms with E-state index in [1.165, 1.54) is 0 Å². The number of hydrogen-bond donors (Lipinski definition) is 1. The van der Waals surface area contributed by atoms with E-state index in [9.17, 15) is 10.0 Å². The summed E-state index contributed by atoms with van der Waals surface area (Å²) in [5.74, 6) is 0.536. The highest BCUT2D eigenvalue weighted by atomic mass is 35.5. The van der Waals surface area contributed by atoms with Crippen LogP contribution in [0.5, 0.6) is 5.75 Å². The monoisotopic (exact) mass is 369 g/mol. The SMILES string of the molecule is O=c1oc2cc(OC/C(=N\O)c3ccc(Cl)cc3)ccc2c2c1CCC2. The molecule has 0 aliphatic heterocycles. The van der Waals surface area contributed by atoms with Gasteiger partial charge in [-0.05, 0) is 49.1 Å². The first-order valence-corrected chi connectivity index (χ1v) is 8.72. The molecule has 1 N–H and O–H groups in total. The highest BCUT2D eigenvalue weighted by Crippen LogP contribution is 2.29. The first kappa shape index (κ1) is 16.7. The number of halogens is 1. The van der Waals surface area contributed by atoms with Gasteiger partial charge in [-0.1, -0.05) is 28.9 Å². The summed E-state index contributed by atoms with van der Waals surface area (Å²) in [6.07, 6.45) is 2.66. The fourth-order valence-electron chi connectivity index (χ4n) is 3.32. The van der Waals surface area contributed by atoms with Crippen LogP contribution in [0.4, 0.5) is 0 Å². The molecule has 1 aliphatic carbocycles. The van der Waals surface area contributed by atoms with Crippen molar-refractivity contribution < 1.29 is 14.4 Å². The van der Waals surface area contributed by atoms with Gasteiger partial charge in [0, 0.05) is 27.6 Å². The van der Waals surface area contributed by atoms with Gasteiger partial charge in [0.05, 0.1) is 0 Å². The molecule has 4 rings (SSSR count). The van der Waals surface area contributed by atoms with Gasteiger partial charge in [-0.2, -0.15) is 0 Å². The molecule has 0 fully saturated rings. The molecule has 0 amide bonds. The standard InChI is InChI=1S/C20H16ClNO4/c21-13-6-4-12(5-7-13)18(22-24)11-25-14-8-9-16-15-2-1-3-17(15)20(23)26-19(16)10-14/h4-10,24H,1-3,11H2/b22-18+. The molecule has 0 spiro atoms. The summed E-state index contributed by atoms with van der Waals surface area (Å²) in [6.45, 7) is 0.0683. The Bertz CT molecular complexity index is 1050. The Hall–Kier alpha value is -2.79. The maximum absolute atomic E-state index is 12.1. The average molecular weight is 370 g/mol. The van der Waals surface area contributed by atoms with Gasteiger partial charge >= 0.3 is 5.63 Å². The molecule has 132 valence electrons. The minimum absolute atomic E-state index is 0.0683. The summed E-state index contributed by atoms with van der Waals surface area (Å²) >= 11 is 5.87. The topological polar surface area (TPSA) is 72.0 Å². The summed E-state index contributed by atoms with van der Waals surface area (Å²) in [6, 6.07) is 12.4. The summed E-state index contributed by atoms with van der Waals surface area (Å²) < 4.78 is 11.2. The maximum atomic E-state index is 12.1. The second-order valence-corrected chi connectivity index (χ2v) is 6.64. The number of hydrogen-bond acceptors (Lipinski definition) is 5. The number of ether oxygens (including phenoxy) is 1. The van der Waals surface area contributed by atoms with Crippen LogP contribution in [-0.2, 0) is 12.8 Å². The van der Waals surface area contributed by atoms with Crippen molar-refractivity contribution in [3.8, 4) is 5.75 Å². The van der Waals surface area contributed by atoms with Gasteiger partial charge in [0.1, 0.15) is 23.7 Å². The average Bonchev–Trinajstić information content (AvgIpc) is 3.14. The minimum atomic E-state index is -0.263.